The Kier molecular flexibility index (Phi) is 5.04. The van der Waals surface area contributed by atoms with Crippen molar-refractivity contribution in [2.75, 3.05) is 31.1 Å². The molecule has 0 aliphatic carbocycles. The number of carbonyl (C=O) groups is 1. The van der Waals surface area contributed by atoms with E-state index >= 15 is 0 Å². The summed E-state index contributed by atoms with van der Waals surface area (Å²) < 4.78 is 37.5. The number of benzene rings is 1. The zero-order chi connectivity index (χ0) is 20.6. The van der Waals surface area contributed by atoms with Crippen LogP contribution in [0, 0.1) is 11.3 Å². The fourth-order valence-electron chi connectivity index (χ4n) is 4.14. The van der Waals surface area contributed by atoms with Crippen LogP contribution in [0.4, 0.5) is 23.7 Å². The zero-order valence-corrected chi connectivity index (χ0v) is 15.6. The number of rotatable bonds is 4. The highest BCUT2D eigenvalue weighted by molar-refractivity contribution is 6.04. The number of halogens is 3. The van der Waals surface area contributed by atoms with Crippen molar-refractivity contribution in [1.82, 2.24) is 14.8 Å². The van der Waals surface area contributed by atoms with E-state index in [0.717, 1.165) is 10.8 Å². The summed E-state index contributed by atoms with van der Waals surface area (Å²) in [6, 6.07) is 8.54. The smallest absolute Gasteiger partial charge is 0.317 e. The van der Waals surface area contributed by atoms with E-state index in [9.17, 15) is 23.2 Å². The average molecular weight is 403 g/mol. The Morgan fingerprint density at radius 2 is 2.00 bits per heavy atom. The molecule has 2 atom stereocenters. The van der Waals surface area contributed by atoms with Crippen LogP contribution in [0.2, 0.25) is 0 Å². The quantitative estimate of drug-likeness (QED) is 0.785. The second-order valence-corrected chi connectivity index (χ2v) is 7.44. The van der Waals surface area contributed by atoms with E-state index in [1.807, 2.05) is 24.3 Å². The highest BCUT2D eigenvalue weighted by Crippen LogP contribution is 2.33. The van der Waals surface area contributed by atoms with Crippen molar-refractivity contribution < 1.29 is 18.0 Å². The van der Waals surface area contributed by atoms with Crippen molar-refractivity contribution in [3.05, 3.63) is 36.7 Å². The van der Waals surface area contributed by atoms with E-state index in [-0.39, 0.29) is 25.2 Å². The molecule has 0 saturated carbocycles. The topological polar surface area (TPSA) is 63.5 Å². The minimum absolute atomic E-state index is 0.0688. The molecule has 2 amide bonds. The normalized spacial score (nSPS) is 23.2. The number of fused-ring (bicyclic) bond motifs is 1. The van der Waals surface area contributed by atoms with Crippen LogP contribution in [0.3, 0.4) is 0 Å². The van der Waals surface area contributed by atoms with E-state index in [1.54, 1.807) is 22.2 Å². The van der Waals surface area contributed by atoms with Crippen LogP contribution in [0.15, 0.2) is 36.7 Å². The molecule has 6 nitrogen and oxygen atoms in total. The zero-order valence-electron chi connectivity index (χ0n) is 15.6. The van der Waals surface area contributed by atoms with Crippen LogP contribution < -0.4 is 4.90 Å². The van der Waals surface area contributed by atoms with E-state index < -0.39 is 18.6 Å². The SMILES string of the molecule is N#C[C@@H]1CN([C@@H]2CCN(CCC(F)(F)F)C2)C(=O)N1c1cncc2ccccc12. The molecule has 2 aliphatic heterocycles. The maximum absolute atomic E-state index is 13.2. The Labute approximate surface area is 166 Å². The number of urea groups is 1. The third-order valence-corrected chi connectivity index (χ3v) is 5.59. The van der Waals surface area contributed by atoms with E-state index in [1.165, 1.54) is 4.90 Å². The molecule has 3 heterocycles. The molecule has 0 N–H and O–H groups in total. The summed E-state index contributed by atoms with van der Waals surface area (Å²) in [5, 5.41) is 11.3. The van der Waals surface area contributed by atoms with Crippen LogP contribution in [-0.4, -0.2) is 65.3 Å². The number of nitriles is 1. The number of amides is 2. The Bertz CT molecular complexity index is 952. The van der Waals surface area contributed by atoms with Gasteiger partial charge in [-0.05, 0) is 6.42 Å². The fraction of sp³-hybridized carbons (Fsp3) is 0.450. The largest absolute Gasteiger partial charge is 0.390 e. The van der Waals surface area contributed by atoms with E-state index in [0.29, 0.717) is 25.2 Å². The molecule has 152 valence electrons. The van der Waals surface area contributed by atoms with Crippen LogP contribution in [0.5, 0.6) is 0 Å². The molecule has 4 rings (SSSR count). The second kappa shape index (κ2) is 7.52. The predicted octanol–water partition coefficient (Wildman–Crippen LogP) is 3.40. The number of anilines is 1. The molecule has 2 saturated heterocycles. The first kappa shape index (κ1) is 19.5. The molecule has 29 heavy (non-hydrogen) atoms. The molecule has 1 aromatic carbocycles. The van der Waals surface area contributed by atoms with Gasteiger partial charge in [0.1, 0.15) is 6.04 Å². The molecule has 2 aliphatic rings. The summed E-state index contributed by atoms with van der Waals surface area (Å²) >= 11 is 0. The lowest BCUT2D eigenvalue weighted by Gasteiger charge is -2.25. The average Bonchev–Trinajstić information content (AvgIpc) is 3.29. The lowest BCUT2D eigenvalue weighted by molar-refractivity contribution is -0.137. The maximum Gasteiger partial charge on any atom is 0.390 e. The Morgan fingerprint density at radius 3 is 2.76 bits per heavy atom. The van der Waals surface area contributed by atoms with Crippen molar-refractivity contribution in [2.45, 2.75) is 31.1 Å². The highest BCUT2D eigenvalue weighted by Gasteiger charge is 2.44. The van der Waals surface area contributed by atoms with E-state index in [4.69, 9.17) is 0 Å². The van der Waals surface area contributed by atoms with Gasteiger partial charge < -0.3 is 9.80 Å². The minimum atomic E-state index is -4.19. The summed E-state index contributed by atoms with van der Waals surface area (Å²) in [7, 11) is 0. The minimum Gasteiger partial charge on any atom is -0.317 e. The van der Waals surface area contributed by atoms with Gasteiger partial charge in [-0.2, -0.15) is 18.4 Å². The number of likely N-dealkylation sites (tertiary alicyclic amines) is 1. The molecule has 0 spiro atoms. The fourth-order valence-corrected chi connectivity index (χ4v) is 4.14. The van der Waals surface area contributed by atoms with Gasteiger partial charge in [-0.1, -0.05) is 24.3 Å². The molecular weight excluding hydrogens is 383 g/mol. The third-order valence-electron chi connectivity index (χ3n) is 5.59. The highest BCUT2D eigenvalue weighted by atomic mass is 19.4. The van der Waals surface area contributed by atoms with Gasteiger partial charge in [-0.3, -0.25) is 9.88 Å². The van der Waals surface area contributed by atoms with Crippen molar-refractivity contribution in [3.63, 3.8) is 0 Å². The van der Waals surface area contributed by atoms with Gasteiger partial charge in [0.25, 0.3) is 0 Å². The van der Waals surface area contributed by atoms with Gasteiger partial charge in [-0.25, -0.2) is 4.79 Å². The molecule has 1 aromatic heterocycles. The predicted molar refractivity (Wildman–Crippen MR) is 101 cm³/mol. The molecular formula is C20H20F3N5O. The maximum atomic E-state index is 13.2. The Morgan fingerprint density at radius 1 is 1.21 bits per heavy atom. The lowest BCUT2D eigenvalue weighted by atomic mass is 10.1. The van der Waals surface area contributed by atoms with Gasteiger partial charge in [0.05, 0.1) is 30.9 Å². The number of carbonyl (C=O) groups excluding carboxylic acids is 1. The first-order valence-corrected chi connectivity index (χ1v) is 9.48. The molecule has 0 unspecified atom stereocenters. The van der Waals surface area contributed by atoms with Crippen molar-refractivity contribution >= 4 is 22.5 Å². The monoisotopic (exact) mass is 403 g/mol. The second-order valence-electron chi connectivity index (χ2n) is 7.44. The standard InChI is InChI=1S/C20H20F3N5O/c21-20(22,23)6-8-26-7-5-15(12-26)27-13-16(9-24)28(19(27)29)18-11-25-10-14-3-1-2-4-17(14)18/h1-4,10-11,15-16H,5-8,12-13H2/t15-,16-/m1/s1. The van der Waals surface area contributed by atoms with Gasteiger partial charge in [-0.15, -0.1) is 0 Å². The summed E-state index contributed by atoms with van der Waals surface area (Å²) in [5.74, 6) is 0. The molecule has 2 aromatic rings. The lowest BCUT2D eigenvalue weighted by Crippen LogP contribution is -2.41. The van der Waals surface area contributed by atoms with Gasteiger partial charge in [0.2, 0.25) is 0 Å². The molecule has 2 fully saturated rings. The number of hydrogen-bond donors (Lipinski definition) is 0. The number of alkyl halides is 3. The summed E-state index contributed by atoms with van der Waals surface area (Å²) in [5.41, 5.74) is 0.578. The van der Waals surface area contributed by atoms with Crippen molar-refractivity contribution in [2.24, 2.45) is 0 Å². The molecule has 0 radical (unpaired) electrons. The number of nitrogens with zero attached hydrogens (tertiary/aromatic N) is 5. The number of pyridine rings is 1. The van der Waals surface area contributed by atoms with Crippen molar-refractivity contribution in [3.8, 4) is 6.07 Å². The Hall–Kier alpha value is -2.86. The van der Waals surface area contributed by atoms with Crippen LogP contribution in [0.25, 0.3) is 10.8 Å². The van der Waals surface area contributed by atoms with Gasteiger partial charge in [0, 0.05) is 42.6 Å². The summed E-state index contributed by atoms with van der Waals surface area (Å²) in [4.78, 5) is 22.2. The van der Waals surface area contributed by atoms with Crippen LogP contribution in [0.1, 0.15) is 12.8 Å². The number of aromatic nitrogens is 1. The van der Waals surface area contributed by atoms with Crippen LogP contribution >= 0.6 is 0 Å². The first-order valence-electron chi connectivity index (χ1n) is 9.48. The first-order chi connectivity index (χ1) is 13.9. The van der Waals surface area contributed by atoms with E-state index in [2.05, 4.69) is 11.1 Å². The summed E-state index contributed by atoms with van der Waals surface area (Å²) in [6.45, 7) is 1.07. The number of hydrogen-bond acceptors (Lipinski definition) is 4. The van der Waals surface area contributed by atoms with Gasteiger partial charge in [0.15, 0.2) is 0 Å². The Balaban J connectivity index is 1.54. The van der Waals surface area contributed by atoms with Crippen LogP contribution in [-0.2, 0) is 0 Å². The summed E-state index contributed by atoms with van der Waals surface area (Å²) in [6.07, 6.45) is -1.16. The van der Waals surface area contributed by atoms with Crippen molar-refractivity contribution in [1.29, 1.82) is 5.26 Å². The molecule has 9 heteroatoms. The van der Waals surface area contributed by atoms with Gasteiger partial charge >= 0.3 is 12.2 Å². The molecule has 0 bridgehead atoms. The third kappa shape index (κ3) is 3.85.